The molecule has 0 saturated heterocycles. The quantitative estimate of drug-likeness (QED) is 0.0456. The van der Waals surface area contributed by atoms with Crippen molar-refractivity contribution in [1.29, 1.82) is 0 Å². The number of aliphatic hydroxyl groups is 1. The maximum Gasteiger partial charge on any atom is 0.408 e. The van der Waals surface area contributed by atoms with E-state index < -0.39 is 162 Å². The Balaban J connectivity index is 3.85. The van der Waals surface area contributed by atoms with Gasteiger partial charge in [0.1, 0.15) is 55.8 Å². The van der Waals surface area contributed by atoms with Crippen LogP contribution in [-0.2, 0) is 42.1 Å². The normalized spacial score (nSPS) is 26.6. The average Bonchev–Trinajstić information content (AvgIpc) is 3.13. The molecule has 2 aliphatic rings. The second-order valence-corrected chi connectivity index (χ2v) is 40.2. The standard InChI is InChI=1S/C55H104N6O16Si2/c1-35(63)55(61-41(69)77-47(17,18)19)51(57-37(65)73-43(5,6)7,34-71-79(28,29)49(23,24)25)31-53(55,59-39(67)75-45(11,12)13)52(58-38(66)74-44(8,9)10)30-50(56-36(64)72-42(2,3)4,33-70-78(26,27)48(20,21)22)54(52,32-62)60-40(68)76-46(14,15)16/h32,35,63H,30-31,33-34H2,1-29H3,(H,56,64)(H,57,65)(H,58,66)(H,59,67)(H,60,68)(H,61,69). The van der Waals surface area contributed by atoms with Crippen LogP contribution in [0, 0.1) is 0 Å². The van der Waals surface area contributed by atoms with E-state index in [1.807, 2.05) is 67.7 Å². The SMILES string of the molecule is CC(O)C1(NC(=O)OC(C)(C)C)C(CO[Si](C)(C)C(C)(C)C)(NC(=O)OC(C)(C)C)CC1(NC(=O)OC(C)(C)C)C1(NC(=O)OC(C)(C)C)CC(CO[Si](C)(C)C(C)(C)C)(NC(=O)OC(C)(C)C)C1(C=O)NC(=O)OC(C)(C)C. The number of aldehydes is 1. The van der Waals surface area contributed by atoms with E-state index in [1.54, 1.807) is 125 Å². The zero-order valence-corrected chi connectivity index (χ0v) is 55.6. The van der Waals surface area contributed by atoms with Gasteiger partial charge in [0.25, 0.3) is 0 Å². The van der Waals surface area contributed by atoms with E-state index in [0.29, 0.717) is 0 Å². The Hall–Kier alpha value is -4.40. The molecule has 7 atom stereocenters. The van der Waals surface area contributed by atoms with E-state index >= 15 is 24.0 Å². The monoisotopic (exact) mass is 1160 g/mol. The molecule has 79 heavy (non-hydrogen) atoms. The van der Waals surface area contributed by atoms with E-state index in [-0.39, 0.29) is 6.29 Å². The Morgan fingerprint density at radius 2 is 0.684 bits per heavy atom. The average molecular weight is 1160 g/mol. The fourth-order valence-corrected chi connectivity index (χ4v) is 11.8. The molecule has 2 saturated carbocycles. The second kappa shape index (κ2) is 22.4. The molecule has 2 fully saturated rings. The first-order valence-corrected chi connectivity index (χ1v) is 33.0. The van der Waals surface area contributed by atoms with Crippen molar-refractivity contribution in [2.24, 2.45) is 0 Å². The van der Waals surface area contributed by atoms with Gasteiger partial charge in [0, 0.05) is 12.8 Å². The van der Waals surface area contributed by atoms with Crippen molar-refractivity contribution in [3.8, 4) is 0 Å². The van der Waals surface area contributed by atoms with Crippen LogP contribution < -0.4 is 31.9 Å². The Labute approximate surface area is 474 Å². The highest BCUT2D eigenvalue weighted by molar-refractivity contribution is 6.74. The zero-order valence-electron chi connectivity index (χ0n) is 53.6. The van der Waals surface area contributed by atoms with Gasteiger partial charge in [-0.15, -0.1) is 0 Å². The summed E-state index contributed by atoms with van der Waals surface area (Å²) in [6.45, 7) is 48.3. The van der Waals surface area contributed by atoms with Gasteiger partial charge in [-0.2, -0.15) is 0 Å². The van der Waals surface area contributed by atoms with Crippen LogP contribution in [0.5, 0.6) is 0 Å². The molecular weight excluding hydrogens is 1060 g/mol. The van der Waals surface area contributed by atoms with Crippen molar-refractivity contribution >= 4 is 59.5 Å². The van der Waals surface area contributed by atoms with Crippen molar-refractivity contribution in [2.75, 3.05) is 13.2 Å². The summed E-state index contributed by atoms with van der Waals surface area (Å²) in [6, 6.07) is 0. The van der Waals surface area contributed by atoms with Gasteiger partial charge in [-0.3, -0.25) is 0 Å². The molecule has 24 heteroatoms. The molecule has 7 unspecified atom stereocenters. The number of aliphatic hydroxyl groups excluding tert-OH is 1. The van der Waals surface area contributed by atoms with E-state index in [9.17, 15) is 14.7 Å². The highest BCUT2D eigenvalue weighted by Gasteiger charge is 2.93. The van der Waals surface area contributed by atoms with Crippen LogP contribution in [0.15, 0.2) is 0 Å². The molecule has 0 radical (unpaired) electrons. The summed E-state index contributed by atoms with van der Waals surface area (Å²) in [6.07, 6.45) is -10.4. The highest BCUT2D eigenvalue weighted by Crippen LogP contribution is 2.67. The van der Waals surface area contributed by atoms with E-state index in [1.165, 1.54) is 6.92 Å². The third-order valence-electron chi connectivity index (χ3n) is 14.8. The summed E-state index contributed by atoms with van der Waals surface area (Å²) in [4.78, 5) is 106. The number of ether oxygens (including phenoxy) is 6. The predicted molar refractivity (Wildman–Crippen MR) is 306 cm³/mol. The minimum Gasteiger partial charge on any atom is -0.444 e. The lowest BCUT2D eigenvalue weighted by atomic mass is 9.31. The molecule has 0 heterocycles. The molecule has 0 aromatic heterocycles. The maximum atomic E-state index is 15.5. The van der Waals surface area contributed by atoms with Gasteiger partial charge in [-0.1, -0.05) is 41.5 Å². The van der Waals surface area contributed by atoms with Gasteiger partial charge in [-0.25, -0.2) is 28.8 Å². The van der Waals surface area contributed by atoms with Crippen molar-refractivity contribution < 1.29 is 75.9 Å². The molecule has 0 bridgehead atoms. The molecule has 0 aliphatic heterocycles. The number of carbonyl (C=O) groups excluding carboxylic acids is 7. The van der Waals surface area contributed by atoms with Gasteiger partial charge in [-0.05, 0) is 168 Å². The van der Waals surface area contributed by atoms with Crippen LogP contribution >= 0.6 is 0 Å². The van der Waals surface area contributed by atoms with Crippen LogP contribution in [0.3, 0.4) is 0 Å². The van der Waals surface area contributed by atoms with Gasteiger partial charge < -0.3 is 79.1 Å². The molecule has 2 aliphatic carbocycles. The molecule has 22 nitrogen and oxygen atoms in total. The first-order chi connectivity index (χ1) is 34.7. The fourth-order valence-electron chi connectivity index (χ4n) is 9.71. The fraction of sp³-hybridized carbons (Fsp3) is 0.873. The van der Waals surface area contributed by atoms with Crippen molar-refractivity contribution in [2.45, 2.75) is 295 Å². The lowest BCUT2D eigenvalue weighted by Gasteiger charge is -2.82. The van der Waals surface area contributed by atoms with Gasteiger partial charge in [0.2, 0.25) is 0 Å². The van der Waals surface area contributed by atoms with E-state index in [0.717, 1.165) is 0 Å². The largest absolute Gasteiger partial charge is 0.444 e. The number of amides is 6. The van der Waals surface area contributed by atoms with Gasteiger partial charge in [0.05, 0.1) is 30.4 Å². The third kappa shape index (κ3) is 16.0. The van der Waals surface area contributed by atoms with Crippen LogP contribution in [0.25, 0.3) is 0 Å². The molecule has 6 amide bonds. The first-order valence-electron chi connectivity index (χ1n) is 27.2. The predicted octanol–water partition coefficient (Wildman–Crippen LogP) is 10.00. The Morgan fingerprint density at radius 1 is 0.430 bits per heavy atom. The summed E-state index contributed by atoms with van der Waals surface area (Å²) in [5.41, 5.74) is -22.8. The van der Waals surface area contributed by atoms with Crippen molar-refractivity contribution in [3.05, 3.63) is 0 Å². The Bertz CT molecular complexity index is 2260. The summed E-state index contributed by atoms with van der Waals surface area (Å²) in [7, 11) is -5.97. The molecule has 458 valence electrons. The molecule has 0 aromatic rings. The number of alkyl carbamates (subject to hydrolysis) is 6. The summed E-state index contributed by atoms with van der Waals surface area (Å²) < 4.78 is 49.8. The number of hydrogen-bond donors (Lipinski definition) is 7. The Morgan fingerprint density at radius 3 is 0.975 bits per heavy atom. The molecule has 0 aromatic carbocycles. The minimum absolute atomic E-state index is 0.274. The minimum atomic E-state index is -2.99. The number of rotatable bonds is 15. The van der Waals surface area contributed by atoms with Crippen LogP contribution in [0.1, 0.15) is 186 Å². The van der Waals surface area contributed by atoms with E-state index in [2.05, 4.69) is 31.9 Å². The van der Waals surface area contributed by atoms with Crippen LogP contribution in [0.2, 0.25) is 36.3 Å². The maximum absolute atomic E-state index is 15.5. The topological polar surface area (TPSA) is 286 Å². The lowest BCUT2D eigenvalue weighted by Crippen LogP contribution is -3.10. The van der Waals surface area contributed by atoms with Crippen LogP contribution in [0.4, 0.5) is 28.8 Å². The Kier molecular flexibility index (Phi) is 20.1. The van der Waals surface area contributed by atoms with Crippen LogP contribution in [-0.4, -0.2) is 151 Å². The summed E-state index contributed by atoms with van der Waals surface area (Å²) in [5.74, 6) is 0. The zero-order chi connectivity index (χ0) is 62.5. The molecule has 2 rings (SSSR count). The number of nitrogens with one attached hydrogen (secondary N) is 6. The third-order valence-corrected chi connectivity index (χ3v) is 23.8. The molecule has 0 spiro atoms. The van der Waals surface area contributed by atoms with Gasteiger partial charge >= 0.3 is 36.6 Å². The number of carbonyl (C=O) groups is 7. The highest BCUT2D eigenvalue weighted by atomic mass is 28.4. The van der Waals surface area contributed by atoms with Gasteiger partial charge in [0.15, 0.2) is 22.9 Å². The second-order valence-electron chi connectivity index (χ2n) is 30.6. The van der Waals surface area contributed by atoms with E-state index in [4.69, 9.17) is 37.3 Å². The number of hydrogen-bond acceptors (Lipinski definition) is 16. The lowest BCUT2D eigenvalue weighted by molar-refractivity contribution is -0.240. The van der Waals surface area contributed by atoms with Crippen molar-refractivity contribution in [1.82, 2.24) is 31.9 Å². The smallest absolute Gasteiger partial charge is 0.408 e. The summed E-state index contributed by atoms with van der Waals surface area (Å²) in [5, 5.41) is 29.6. The molecule has 7 N–H and O–H groups in total. The molecular formula is C55H104N6O16Si2. The summed E-state index contributed by atoms with van der Waals surface area (Å²) >= 11 is 0. The van der Waals surface area contributed by atoms with Crippen molar-refractivity contribution in [3.63, 3.8) is 0 Å². The first kappa shape index (κ1) is 70.7.